The fraction of sp³-hybridized carbons (Fsp3) is 0.545. The van der Waals surface area contributed by atoms with Gasteiger partial charge in [-0.25, -0.2) is 4.79 Å². The molecule has 0 aliphatic carbocycles. The molecule has 0 radical (unpaired) electrons. The average Bonchev–Trinajstić information content (AvgIpc) is 2.25. The van der Waals surface area contributed by atoms with E-state index in [1.54, 1.807) is 13.8 Å². The monoisotopic (exact) mass is 244 g/mol. The van der Waals surface area contributed by atoms with Crippen molar-refractivity contribution in [2.24, 2.45) is 5.92 Å². The van der Waals surface area contributed by atoms with E-state index >= 15 is 0 Å². The summed E-state index contributed by atoms with van der Waals surface area (Å²) in [5.74, 6) is -4.37. The number of carbonyl (C=O) groups excluding carboxylic acids is 2. The van der Waals surface area contributed by atoms with Crippen LogP contribution in [0.5, 0.6) is 0 Å². The van der Waals surface area contributed by atoms with Crippen LogP contribution in [-0.2, 0) is 23.9 Å². The van der Waals surface area contributed by atoms with Gasteiger partial charge in [0.05, 0.1) is 13.2 Å². The number of hydrogen-bond acceptors (Lipinski definition) is 5. The van der Waals surface area contributed by atoms with Gasteiger partial charge in [-0.3, -0.25) is 9.59 Å². The molecule has 1 N–H and O–H groups in total. The van der Waals surface area contributed by atoms with Crippen molar-refractivity contribution in [2.75, 3.05) is 13.2 Å². The van der Waals surface area contributed by atoms with Gasteiger partial charge < -0.3 is 14.6 Å². The van der Waals surface area contributed by atoms with Crippen LogP contribution in [0.1, 0.15) is 20.3 Å². The van der Waals surface area contributed by atoms with Crippen LogP contribution in [0.15, 0.2) is 12.2 Å². The van der Waals surface area contributed by atoms with E-state index in [0.29, 0.717) is 0 Å². The van der Waals surface area contributed by atoms with E-state index in [4.69, 9.17) is 5.11 Å². The summed E-state index contributed by atoms with van der Waals surface area (Å²) in [6, 6.07) is 0. The Morgan fingerprint density at radius 2 is 1.71 bits per heavy atom. The van der Waals surface area contributed by atoms with Gasteiger partial charge in [-0.15, -0.1) is 0 Å². The molecule has 1 atom stereocenters. The van der Waals surface area contributed by atoms with Crippen LogP contribution in [0, 0.1) is 5.92 Å². The van der Waals surface area contributed by atoms with Gasteiger partial charge in [0, 0.05) is 12.0 Å². The number of carbonyl (C=O) groups is 3. The van der Waals surface area contributed by atoms with Crippen molar-refractivity contribution < 1.29 is 29.0 Å². The number of aliphatic carboxylic acids is 1. The average molecular weight is 244 g/mol. The molecule has 6 heteroatoms. The van der Waals surface area contributed by atoms with Gasteiger partial charge in [0.1, 0.15) is 0 Å². The molecule has 0 heterocycles. The van der Waals surface area contributed by atoms with Crippen molar-refractivity contribution in [2.45, 2.75) is 20.3 Å². The Kier molecular flexibility index (Phi) is 6.62. The van der Waals surface area contributed by atoms with E-state index in [2.05, 4.69) is 16.1 Å². The molecule has 0 saturated heterocycles. The quantitative estimate of drug-likeness (QED) is 0.404. The Morgan fingerprint density at radius 1 is 1.18 bits per heavy atom. The lowest BCUT2D eigenvalue weighted by atomic mass is 10.0. The molecule has 96 valence electrons. The van der Waals surface area contributed by atoms with Crippen LogP contribution in [0.3, 0.4) is 0 Å². The van der Waals surface area contributed by atoms with Crippen LogP contribution in [-0.4, -0.2) is 36.2 Å². The van der Waals surface area contributed by atoms with Crippen molar-refractivity contribution in [3.05, 3.63) is 12.2 Å². The van der Waals surface area contributed by atoms with Crippen molar-refractivity contribution >= 4 is 17.9 Å². The first-order valence-corrected chi connectivity index (χ1v) is 5.18. The molecular weight excluding hydrogens is 228 g/mol. The maximum atomic E-state index is 11.3. The van der Waals surface area contributed by atoms with Gasteiger partial charge >= 0.3 is 17.9 Å². The highest BCUT2D eigenvalue weighted by atomic mass is 16.5. The molecule has 0 spiro atoms. The molecule has 0 aliphatic heterocycles. The van der Waals surface area contributed by atoms with E-state index in [0.717, 1.165) is 0 Å². The van der Waals surface area contributed by atoms with Gasteiger partial charge in [0.25, 0.3) is 0 Å². The summed E-state index contributed by atoms with van der Waals surface area (Å²) in [5.41, 5.74) is -0.0627. The lowest BCUT2D eigenvalue weighted by Crippen LogP contribution is -2.27. The zero-order valence-corrected chi connectivity index (χ0v) is 9.89. The van der Waals surface area contributed by atoms with Crippen LogP contribution >= 0.6 is 0 Å². The number of hydrogen-bond donors (Lipinski definition) is 1. The Labute approximate surface area is 99.2 Å². The Balaban J connectivity index is 4.55. The summed E-state index contributed by atoms with van der Waals surface area (Å²) in [6.45, 7) is 6.81. The molecule has 0 saturated carbocycles. The Morgan fingerprint density at radius 3 is 2.12 bits per heavy atom. The molecule has 1 unspecified atom stereocenters. The number of esters is 2. The molecule has 0 aliphatic rings. The van der Waals surface area contributed by atoms with E-state index in [1.165, 1.54) is 0 Å². The zero-order valence-electron chi connectivity index (χ0n) is 9.89. The molecule has 6 nitrogen and oxygen atoms in total. The molecule has 17 heavy (non-hydrogen) atoms. The highest BCUT2D eigenvalue weighted by Crippen LogP contribution is 2.14. The minimum absolute atomic E-state index is 0.0627. The van der Waals surface area contributed by atoms with Crippen molar-refractivity contribution in [1.29, 1.82) is 0 Å². The lowest BCUT2D eigenvalue weighted by Gasteiger charge is -2.12. The molecule has 0 rings (SSSR count). The summed E-state index contributed by atoms with van der Waals surface area (Å²) in [6.07, 6.45) is -0.312. The minimum Gasteiger partial charge on any atom is -0.481 e. The topological polar surface area (TPSA) is 89.9 Å². The number of rotatable bonds is 7. The molecule has 0 aromatic rings. The van der Waals surface area contributed by atoms with Crippen LogP contribution < -0.4 is 0 Å². The highest BCUT2D eigenvalue weighted by Gasteiger charge is 2.30. The number of carboxylic acid groups (broad SMARTS) is 1. The third-order valence-electron chi connectivity index (χ3n) is 1.88. The molecule has 0 aromatic heterocycles. The smallest absolute Gasteiger partial charge is 0.333 e. The van der Waals surface area contributed by atoms with Crippen molar-refractivity contribution in [1.82, 2.24) is 0 Å². The largest absolute Gasteiger partial charge is 0.481 e. The summed E-state index contributed by atoms with van der Waals surface area (Å²) in [4.78, 5) is 33.4. The standard InChI is InChI=1S/C11H16O6/c1-4-16-10(14)7(3)6-8(9(12)13)11(15)17-5-2/h8H,3-6H2,1-2H3,(H,12,13). The number of carboxylic acids is 1. The molecule has 0 amide bonds. The number of ether oxygens (including phenoxy) is 2. The third-order valence-corrected chi connectivity index (χ3v) is 1.88. The van der Waals surface area contributed by atoms with Gasteiger partial charge in [-0.05, 0) is 13.8 Å². The minimum atomic E-state index is -1.42. The Bertz CT molecular complexity index is 320. The van der Waals surface area contributed by atoms with Crippen LogP contribution in [0.4, 0.5) is 0 Å². The first-order chi connectivity index (χ1) is 7.93. The third kappa shape index (κ3) is 5.14. The summed E-state index contributed by atoms with van der Waals surface area (Å²) < 4.78 is 9.23. The maximum absolute atomic E-state index is 11.3. The van der Waals surface area contributed by atoms with Crippen LogP contribution in [0.25, 0.3) is 0 Å². The van der Waals surface area contributed by atoms with E-state index in [9.17, 15) is 14.4 Å². The second-order valence-electron chi connectivity index (χ2n) is 3.17. The second-order valence-corrected chi connectivity index (χ2v) is 3.17. The highest BCUT2D eigenvalue weighted by molar-refractivity contribution is 5.96. The first kappa shape index (κ1) is 15.2. The van der Waals surface area contributed by atoms with Crippen molar-refractivity contribution in [3.8, 4) is 0 Å². The fourth-order valence-corrected chi connectivity index (χ4v) is 1.08. The lowest BCUT2D eigenvalue weighted by molar-refractivity contribution is -0.158. The summed E-state index contributed by atoms with van der Waals surface area (Å²) >= 11 is 0. The molecular formula is C11H16O6. The van der Waals surface area contributed by atoms with Crippen LogP contribution in [0.2, 0.25) is 0 Å². The zero-order chi connectivity index (χ0) is 13.4. The molecule has 0 fully saturated rings. The molecule has 0 aromatic carbocycles. The first-order valence-electron chi connectivity index (χ1n) is 5.18. The normalized spacial score (nSPS) is 11.4. The second kappa shape index (κ2) is 7.43. The fourth-order valence-electron chi connectivity index (χ4n) is 1.08. The van der Waals surface area contributed by atoms with Gasteiger partial charge in [0.15, 0.2) is 5.92 Å². The van der Waals surface area contributed by atoms with E-state index in [-0.39, 0.29) is 25.2 Å². The van der Waals surface area contributed by atoms with Gasteiger partial charge in [-0.2, -0.15) is 0 Å². The summed E-state index contributed by atoms with van der Waals surface area (Å²) in [7, 11) is 0. The van der Waals surface area contributed by atoms with Gasteiger partial charge in [0.2, 0.25) is 0 Å². The van der Waals surface area contributed by atoms with E-state index in [1.807, 2.05) is 0 Å². The maximum Gasteiger partial charge on any atom is 0.333 e. The predicted molar refractivity (Wildman–Crippen MR) is 58.1 cm³/mol. The van der Waals surface area contributed by atoms with Crippen molar-refractivity contribution in [3.63, 3.8) is 0 Å². The molecule has 0 bridgehead atoms. The predicted octanol–water partition coefficient (Wildman–Crippen LogP) is 0.760. The Hall–Kier alpha value is -1.85. The van der Waals surface area contributed by atoms with E-state index < -0.39 is 23.8 Å². The SMILES string of the molecule is C=C(CC(C(=O)O)C(=O)OCC)C(=O)OCC. The van der Waals surface area contributed by atoms with Gasteiger partial charge in [-0.1, -0.05) is 6.58 Å². The summed E-state index contributed by atoms with van der Waals surface area (Å²) in [5, 5.41) is 8.84.